The average Bonchev–Trinajstić information content (AvgIpc) is 2.64. The first-order valence-corrected chi connectivity index (χ1v) is 9.68. The lowest BCUT2D eigenvalue weighted by Gasteiger charge is -2.18. The zero-order chi connectivity index (χ0) is 20.3. The number of rotatable bonds is 6. The maximum Gasteiger partial charge on any atom is 0.349 e. The predicted molar refractivity (Wildman–Crippen MR) is 113 cm³/mol. The van der Waals surface area contributed by atoms with Crippen LogP contribution in [0.25, 0.3) is 22.6 Å². The van der Waals surface area contributed by atoms with Gasteiger partial charge >= 0.3 is 5.69 Å². The van der Waals surface area contributed by atoms with E-state index in [0.717, 1.165) is 41.4 Å². The van der Waals surface area contributed by atoms with E-state index >= 15 is 0 Å². The highest BCUT2D eigenvalue weighted by molar-refractivity contribution is 5.81. The zero-order valence-electron chi connectivity index (χ0n) is 16.9. The molecule has 2 aliphatic rings. The Kier molecular flexibility index (Phi) is 5.87. The molecule has 0 amide bonds. The monoisotopic (exact) mass is 378 g/mol. The van der Waals surface area contributed by atoms with Crippen molar-refractivity contribution in [1.82, 2.24) is 19.5 Å². The van der Waals surface area contributed by atoms with Gasteiger partial charge in [0, 0.05) is 6.54 Å². The van der Waals surface area contributed by atoms with Crippen LogP contribution in [0.1, 0.15) is 44.2 Å². The van der Waals surface area contributed by atoms with Gasteiger partial charge in [-0.25, -0.2) is 9.78 Å². The van der Waals surface area contributed by atoms with Gasteiger partial charge in [0.2, 0.25) is 0 Å². The van der Waals surface area contributed by atoms with Crippen molar-refractivity contribution in [3.05, 3.63) is 67.9 Å². The first-order chi connectivity index (χ1) is 13.4. The van der Waals surface area contributed by atoms with Crippen LogP contribution in [-0.2, 0) is 6.54 Å². The molecular weight excluding hydrogens is 352 g/mol. The summed E-state index contributed by atoms with van der Waals surface area (Å²) in [6, 6.07) is 4.03. The number of aryl methyl sites for hydroxylation is 3. The van der Waals surface area contributed by atoms with E-state index in [1.165, 1.54) is 5.57 Å². The molecule has 28 heavy (non-hydrogen) atoms. The Hall–Kier alpha value is -3.02. The first-order valence-electron chi connectivity index (χ1n) is 9.68. The number of aromatic amines is 1. The number of allylic oxidation sites excluding steroid dienone is 4. The van der Waals surface area contributed by atoms with Gasteiger partial charge in [0.25, 0.3) is 5.56 Å². The first kappa shape index (κ1) is 19.7. The summed E-state index contributed by atoms with van der Waals surface area (Å²) in [6.45, 7) is 8.85. The molecule has 0 atom stereocenters. The highest BCUT2D eigenvalue weighted by atomic mass is 16.2. The van der Waals surface area contributed by atoms with Crippen molar-refractivity contribution < 1.29 is 0 Å². The summed E-state index contributed by atoms with van der Waals surface area (Å²) in [5.41, 5.74) is 4.22. The highest BCUT2D eigenvalue weighted by Crippen LogP contribution is 2.24. The summed E-state index contributed by atoms with van der Waals surface area (Å²) in [5.74, 6) is 0.344. The van der Waals surface area contributed by atoms with Gasteiger partial charge in [-0.2, -0.15) is 4.98 Å². The topological polar surface area (TPSA) is 80.6 Å². The minimum atomic E-state index is -0.642. The molecule has 2 aliphatic heterocycles. The average molecular weight is 378 g/mol. The van der Waals surface area contributed by atoms with Crippen LogP contribution in [0, 0.1) is 13.8 Å². The smallest absolute Gasteiger partial charge is 0.322 e. The number of benzene rings is 1. The molecule has 1 aromatic carbocycles. The van der Waals surface area contributed by atoms with Crippen LogP contribution < -0.4 is 11.2 Å². The summed E-state index contributed by atoms with van der Waals surface area (Å²) in [4.78, 5) is 34.9. The van der Waals surface area contributed by atoms with Crippen LogP contribution >= 0.6 is 0 Å². The van der Waals surface area contributed by atoms with Gasteiger partial charge in [-0.3, -0.25) is 9.78 Å². The summed E-state index contributed by atoms with van der Waals surface area (Å²) in [5, 5.41) is 0. The Balaban J connectivity index is 2.12. The van der Waals surface area contributed by atoms with E-state index in [2.05, 4.69) is 40.1 Å². The standard InChI is InChI=1S/C22H26N4O2/c1-5-8-16(9-6-2)10-7-11-26-18-13-15(4)14(3)12-17(18)23-19-20(26)24-22(28)25-21(19)27/h5,8-9,12-13H,6-7,10-11H2,1-4H3,(H,25,27,28). The number of H-pyrrole nitrogens is 1. The molecule has 0 spiro atoms. The molecule has 6 nitrogen and oxygen atoms in total. The Morgan fingerprint density at radius 3 is 2.64 bits per heavy atom. The van der Waals surface area contributed by atoms with Crippen molar-refractivity contribution >= 4 is 11.0 Å². The third kappa shape index (κ3) is 3.96. The van der Waals surface area contributed by atoms with Crippen molar-refractivity contribution in [2.24, 2.45) is 0 Å². The minimum absolute atomic E-state index is 0.202. The number of fused-ring (bicyclic) bond motifs is 2. The Morgan fingerprint density at radius 2 is 1.93 bits per heavy atom. The fourth-order valence-electron chi connectivity index (χ4n) is 3.45. The van der Waals surface area contributed by atoms with Crippen molar-refractivity contribution in [2.75, 3.05) is 0 Å². The van der Waals surface area contributed by atoms with E-state index in [9.17, 15) is 9.59 Å². The zero-order valence-corrected chi connectivity index (χ0v) is 16.9. The van der Waals surface area contributed by atoms with Crippen molar-refractivity contribution in [3.63, 3.8) is 0 Å². The third-order valence-corrected chi connectivity index (χ3v) is 4.92. The highest BCUT2D eigenvalue weighted by Gasteiger charge is 2.19. The molecule has 2 heterocycles. The Morgan fingerprint density at radius 1 is 1.18 bits per heavy atom. The summed E-state index contributed by atoms with van der Waals surface area (Å²) < 4.78 is 1.96. The van der Waals surface area contributed by atoms with E-state index in [4.69, 9.17) is 0 Å². The van der Waals surface area contributed by atoms with Crippen molar-refractivity contribution in [2.45, 2.75) is 53.5 Å². The van der Waals surface area contributed by atoms with E-state index in [-0.39, 0.29) is 5.69 Å². The van der Waals surface area contributed by atoms with Crippen LogP contribution in [0.4, 0.5) is 0 Å². The molecule has 1 N–H and O–H groups in total. The molecule has 0 aliphatic carbocycles. The maximum atomic E-state index is 12.3. The fraction of sp³-hybridized carbons (Fsp3) is 0.364. The van der Waals surface area contributed by atoms with E-state index in [1.54, 1.807) is 0 Å². The van der Waals surface area contributed by atoms with Crippen LogP contribution in [0.2, 0.25) is 0 Å². The second-order valence-electron chi connectivity index (χ2n) is 7.02. The van der Waals surface area contributed by atoms with Crippen LogP contribution in [-0.4, -0.2) is 19.5 Å². The Bertz CT molecular complexity index is 1150. The normalized spacial score (nSPS) is 12.5. The number of nitrogens with one attached hydrogen (secondary N) is 1. The molecule has 0 saturated heterocycles. The van der Waals surface area contributed by atoms with Gasteiger partial charge in [-0.1, -0.05) is 30.7 Å². The predicted octanol–water partition coefficient (Wildman–Crippen LogP) is 3.89. The van der Waals surface area contributed by atoms with Crippen molar-refractivity contribution in [3.8, 4) is 11.5 Å². The summed E-state index contributed by atoms with van der Waals surface area (Å²) in [6.07, 6.45) is 9.16. The number of nitrogens with zero attached hydrogens (tertiary/aromatic N) is 3. The van der Waals surface area contributed by atoms with Crippen LogP contribution in [0.15, 0.2) is 45.5 Å². The maximum absolute atomic E-state index is 12.3. The van der Waals surface area contributed by atoms with E-state index in [0.29, 0.717) is 12.4 Å². The third-order valence-electron chi connectivity index (χ3n) is 4.92. The SMILES string of the molecule is CC=CC(=CCC)CCCn1c2nc(=O)[nH]c(=O)c-2nc2cc(C)c(C)cc21. The van der Waals surface area contributed by atoms with Gasteiger partial charge in [0.1, 0.15) is 0 Å². The number of hydrogen-bond donors (Lipinski definition) is 1. The van der Waals surface area contributed by atoms with Crippen LogP contribution in [0.3, 0.4) is 0 Å². The van der Waals surface area contributed by atoms with Crippen LogP contribution in [0.5, 0.6) is 0 Å². The molecular formula is C22H26N4O2. The molecule has 0 unspecified atom stereocenters. The van der Waals surface area contributed by atoms with E-state index < -0.39 is 11.2 Å². The number of aromatic nitrogens is 4. The molecule has 3 rings (SSSR count). The summed E-state index contributed by atoms with van der Waals surface area (Å²) >= 11 is 0. The molecule has 0 bridgehead atoms. The lowest BCUT2D eigenvalue weighted by molar-refractivity contribution is 0.649. The lowest BCUT2D eigenvalue weighted by Crippen LogP contribution is -2.29. The van der Waals surface area contributed by atoms with Gasteiger partial charge < -0.3 is 4.57 Å². The molecule has 0 aromatic heterocycles. The largest absolute Gasteiger partial charge is 0.349 e. The molecule has 146 valence electrons. The van der Waals surface area contributed by atoms with Gasteiger partial charge in [0.15, 0.2) is 11.5 Å². The fourth-order valence-corrected chi connectivity index (χ4v) is 3.45. The second kappa shape index (κ2) is 8.33. The van der Waals surface area contributed by atoms with Gasteiger partial charge in [0.05, 0.1) is 11.0 Å². The molecule has 1 aromatic rings. The molecule has 6 heteroatoms. The van der Waals surface area contributed by atoms with E-state index in [1.807, 2.05) is 37.5 Å². The Labute approximate surface area is 164 Å². The molecule has 0 fully saturated rings. The van der Waals surface area contributed by atoms with Gasteiger partial charge in [-0.15, -0.1) is 0 Å². The molecule has 0 saturated carbocycles. The lowest BCUT2D eigenvalue weighted by atomic mass is 10.1. The van der Waals surface area contributed by atoms with Gasteiger partial charge in [-0.05, 0) is 63.3 Å². The summed E-state index contributed by atoms with van der Waals surface area (Å²) in [7, 11) is 0. The minimum Gasteiger partial charge on any atom is -0.322 e. The quantitative estimate of drug-likeness (QED) is 0.521. The molecule has 0 radical (unpaired) electrons. The van der Waals surface area contributed by atoms with Crippen molar-refractivity contribution in [1.29, 1.82) is 0 Å². The number of hydrogen-bond acceptors (Lipinski definition) is 4. The second-order valence-corrected chi connectivity index (χ2v) is 7.02.